The third-order valence-electron chi connectivity index (χ3n) is 1.65. The molecule has 1 aliphatic heterocycles. The van der Waals surface area contributed by atoms with Gasteiger partial charge in [0.05, 0.1) is 12.7 Å². The van der Waals surface area contributed by atoms with Gasteiger partial charge in [0.15, 0.2) is 0 Å². The first-order chi connectivity index (χ1) is 6.22. The number of carbonyl (C=O) groups is 1. The summed E-state index contributed by atoms with van der Waals surface area (Å²) in [4.78, 5) is 10.6. The number of hydrogen-bond donors (Lipinski definition) is 0. The topological polar surface area (TPSA) is 35.5 Å². The average Bonchev–Trinajstić information content (AvgIpc) is 2.08. The van der Waals surface area contributed by atoms with E-state index in [0.717, 1.165) is 0 Å². The molecule has 0 aromatic carbocycles. The van der Waals surface area contributed by atoms with Gasteiger partial charge in [-0.15, -0.1) is 12.3 Å². The van der Waals surface area contributed by atoms with Crippen LogP contribution < -0.4 is 0 Å². The molecule has 2 atom stereocenters. The van der Waals surface area contributed by atoms with Crippen LogP contribution in [0, 0.1) is 12.3 Å². The Balaban J connectivity index is 2.39. The minimum atomic E-state index is -0.298. The molecule has 1 rings (SSSR count). The lowest BCUT2D eigenvalue weighted by atomic mass is 10.1. The Morgan fingerprint density at radius 3 is 3.00 bits per heavy atom. The van der Waals surface area contributed by atoms with Crippen molar-refractivity contribution >= 4 is 5.97 Å². The molecule has 0 saturated carbocycles. The highest BCUT2D eigenvalue weighted by molar-refractivity contribution is 5.66. The largest absolute Gasteiger partial charge is 0.456 e. The Bertz CT molecular complexity index is 249. The number of esters is 1. The summed E-state index contributed by atoms with van der Waals surface area (Å²) in [5, 5.41) is 0. The molecular formula is C10H12O3. The van der Waals surface area contributed by atoms with Crippen molar-refractivity contribution in [3.05, 3.63) is 12.2 Å². The van der Waals surface area contributed by atoms with Gasteiger partial charge in [0.2, 0.25) is 0 Å². The van der Waals surface area contributed by atoms with Crippen LogP contribution >= 0.6 is 0 Å². The fourth-order valence-corrected chi connectivity index (χ4v) is 1.11. The highest BCUT2D eigenvalue weighted by Crippen LogP contribution is 2.10. The zero-order valence-electron chi connectivity index (χ0n) is 7.53. The molecule has 0 aliphatic carbocycles. The van der Waals surface area contributed by atoms with Crippen molar-refractivity contribution in [3.8, 4) is 12.3 Å². The molecule has 0 bridgehead atoms. The molecule has 0 spiro atoms. The summed E-state index contributed by atoms with van der Waals surface area (Å²) >= 11 is 0. The summed E-state index contributed by atoms with van der Waals surface area (Å²) < 4.78 is 10.2. The quantitative estimate of drug-likeness (QED) is 0.360. The third-order valence-corrected chi connectivity index (χ3v) is 1.65. The molecule has 1 aliphatic rings. The minimum absolute atomic E-state index is 0.0307. The van der Waals surface area contributed by atoms with E-state index < -0.39 is 0 Å². The Labute approximate surface area is 77.7 Å². The zero-order valence-corrected chi connectivity index (χ0v) is 7.53. The van der Waals surface area contributed by atoms with Gasteiger partial charge in [-0.1, -0.05) is 6.08 Å². The molecular weight excluding hydrogens is 168 g/mol. The van der Waals surface area contributed by atoms with Gasteiger partial charge in [-0.3, -0.25) is 4.79 Å². The van der Waals surface area contributed by atoms with Gasteiger partial charge >= 0.3 is 5.97 Å². The molecule has 0 amide bonds. The van der Waals surface area contributed by atoms with Crippen molar-refractivity contribution in [2.24, 2.45) is 0 Å². The monoisotopic (exact) mass is 180 g/mol. The highest BCUT2D eigenvalue weighted by Gasteiger charge is 2.16. The lowest BCUT2D eigenvalue weighted by Crippen LogP contribution is -2.27. The summed E-state index contributed by atoms with van der Waals surface area (Å²) in [6, 6.07) is 0. The fraction of sp³-hybridized carbons (Fsp3) is 0.500. The van der Waals surface area contributed by atoms with Crippen LogP contribution in [0.2, 0.25) is 0 Å². The van der Waals surface area contributed by atoms with E-state index in [1.165, 1.54) is 6.92 Å². The van der Waals surface area contributed by atoms with Crippen LogP contribution in [-0.2, 0) is 14.3 Å². The first kappa shape index (κ1) is 9.82. The number of ether oxygens (including phenoxy) is 2. The van der Waals surface area contributed by atoms with Crippen LogP contribution in [0.5, 0.6) is 0 Å². The molecule has 0 fully saturated rings. The van der Waals surface area contributed by atoms with Crippen LogP contribution in [0.1, 0.15) is 13.3 Å². The van der Waals surface area contributed by atoms with Gasteiger partial charge in [0, 0.05) is 13.3 Å². The molecule has 3 nitrogen and oxygen atoms in total. The number of terminal acetylenes is 1. The Morgan fingerprint density at radius 2 is 2.54 bits per heavy atom. The maximum atomic E-state index is 10.6. The van der Waals surface area contributed by atoms with Gasteiger partial charge < -0.3 is 9.47 Å². The molecule has 13 heavy (non-hydrogen) atoms. The van der Waals surface area contributed by atoms with E-state index in [4.69, 9.17) is 15.9 Å². The Hall–Kier alpha value is -1.27. The predicted octanol–water partition coefficient (Wildman–Crippen LogP) is 0.896. The van der Waals surface area contributed by atoms with Gasteiger partial charge in [-0.05, 0) is 6.08 Å². The van der Waals surface area contributed by atoms with Crippen molar-refractivity contribution in [1.29, 1.82) is 0 Å². The highest BCUT2D eigenvalue weighted by atomic mass is 16.6. The maximum absolute atomic E-state index is 10.6. The molecule has 0 aromatic heterocycles. The number of hydrogen-bond acceptors (Lipinski definition) is 3. The van der Waals surface area contributed by atoms with Crippen molar-refractivity contribution in [3.63, 3.8) is 0 Å². The van der Waals surface area contributed by atoms with Crippen LogP contribution in [0.15, 0.2) is 12.2 Å². The Kier molecular flexibility index (Phi) is 3.53. The molecule has 70 valence electrons. The SMILES string of the molecule is C#CC[C@@H]1C=C[C@@H](OC(C)=O)CO1. The summed E-state index contributed by atoms with van der Waals surface area (Å²) in [6.45, 7) is 1.77. The average molecular weight is 180 g/mol. The van der Waals surface area contributed by atoms with Crippen LogP contribution in [0.25, 0.3) is 0 Å². The van der Waals surface area contributed by atoms with E-state index in [1.807, 2.05) is 12.2 Å². The van der Waals surface area contributed by atoms with Gasteiger partial charge in [0.25, 0.3) is 0 Å². The summed E-state index contributed by atoms with van der Waals surface area (Å²) in [5.74, 6) is 2.21. The maximum Gasteiger partial charge on any atom is 0.303 e. The van der Waals surface area contributed by atoms with E-state index in [9.17, 15) is 4.79 Å². The van der Waals surface area contributed by atoms with Crippen LogP contribution in [0.4, 0.5) is 0 Å². The molecule has 0 N–H and O–H groups in total. The summed E-state index contributed by atoms with van der Waals surface area (Å²) in [5.41, 5.74) is 0. The van der Waals surface area contributed by atoms with E-state index in [0.29, 0.717) is 13.0 Å². The van der Waals surface area contributed by atoms with Gasteiger partial charge in [0.1, 0.15) is 6.10 Å². The zero-order chi connectivity index (χ0) is 9.68. The van der Waals surface area contributed by atoms with E-state index in [-0.39, 0.29) is 18.2 Å². The first-order valence-corrected chi connectivity index (χ1v) is 4.13. The Morgan fingerprint density at radius 1 is 1.77 bits per heavy atom. The molecule has 0 aromatic rings. The van der Waals surface area contributed by atoms with E-state index in [1.54, 1.807) is 0 Å². The number of rotatable bonds is 2. The second-order valence-corrected chi connectivity index (χ2v) is 2.81. The van der Waals surface area contributed by atoms with Crippen LogP contribution in [0.3, 0.4) is 0 Å². The normalized spacial score (nSPS) is 26.5. The smallest absolute Gasteiger partial charge is 0.303 e. The summed E-state index contributed by atoms with van der Waals surface area (Å²) in [7, 11) is 0. The minimum Gasteiger partial charge on any atom is -0.456 e. The van der Waals surface area contributed by atoms with Crippen molar-refractivity contribution in [1.82, 2.24) is 0 Å². The molecule has 0 saturated heterocycles. The standard InChI is InChI=1S/C10H12O3/c1-3-4-9-5-6-10(7-12-9)13-8(2)11/h1,5-6,9-10H,4,7H2,2H3/t9-,10-/m1/s1. The van der Waals surface area contributed by atoms with Gasteiger partial charge in [-0.25, -0.2) is 0 Å². The lowest BCUT2D eigenvalue weighted by molar-refractivity contribution is -0.147. The lowest BCUT2D eigenvalue weighted by Gasteiger charge is -2.21. The van der Waals surface area contributed by atoms with Crippen molar-refractivity contribution in [2.45, 2.75) is 25.6 Å². The van der Waals surface area contributed by atoms with Crippen molar-refractivity contribution in [2.75, 3.05) is 6.61 Å². The van der Waals surface area contributed by atoms with Gasteiger partial charge in [-0.2, -0.15) is 0 Å². The molecule has 1 heterocycles. The van der Waals surface area contributed by atoms with Crippen LogP contribution in [-0.4, -0.2) is 24.8 Å². The first-order valence-electron chi connectivity index (χ1n) is 4.13. The second-order valence-electron chi connectivity index (χ2n) is 2.81. The third kappa shape index (κ3) is 3.30. The fourth-order valence-electron chi connectivity index (χ4n) is 1.11. The second kappa shape index (κ2) is 4.68. The molecule has 3 heteroatoms. The predicted molar refractivity (Wildman–Crippen MR) is 47.9 cm³/mol. The van der Waals surface area contributed by atoms with E-state index in [2.05, 4.69) is 5.92 Å². The van der Waals surface area contributed by atoms with Crippen molar-refractivity contribution < 1.29 is 14.3 Å². The number of carbonyl (C=O) groups excluding carboxylic acids is 1. The summed E-state index contributed by atoms with van der Waals surface area (Å²) in [6.07, 6.45) is 9.04. The van der Waals surface area contributed by atoms with E-state index >= 15 is 0 Å². The molecule has 0 unspecified atom stereocenters. The molecule has 0 radical (unpaired) electrons.